The second-order valence-corrected chi connectivity index (χ2v) is 8.85. The predicted octanol–water partition coefficient (Wildman–Crippen LogP) is 2.69. The highest BCUT2D eigenvalue weighted by molar-refractivity contribution is 6.82. The zero-order valence-corrected chi connectivity index (χ0v) is 10.2. The number of allylic oxidation sites excluding steroid dienone is 1. The van der Waals surface area contributed by atoms with Gasteiger partial charge in [0.05, 0.1) is 8.07 Å². The van der Waals surface area contributed by atoms with Crippen LogP contribution in [0.25, 0.3) is 0 Å². The van der Waals surface area contributed by atoms with E-state index in [1.807, 2.05) is 0 Å². The lowest BCUT2D eigenvalue weighted by atomic mass is 10.5. The molecule has 0 rings (SSSR count). The molecule has 0 spiro atoms. The van der Waals surface area contributed by atoms with Crippen LogP contribution in [0.5, 0.6) is 0 Å². The highest BCUT2D eigenvalue weighted by Crippen LogP contribution is 2.05. The summed E-state index contributed by atoms with van der Waals surface area (Å²) in [5.41, 5.74) is 2.42. The zero-order chi connectivity index (χ0) is 9.61. The first kappa shape index (κ1) is 11.9. The third kappa shape index (κ3) is 5.55. The zero-order valence-electron chi connectivity index (χ0n) is 9.22. The van der Waals surface area contributed by atoms with Crippen LogP contribution in [0.3, 0.4) is 0 Å². The predicted molar refractivity (Wildman–Crippen MR) is 60.1 cm³/mol. The first-order chi connectivity index (χ1) is 5.52. The van der Waals surface area contributed by atoms with E-state index in [1.54, 1.807) is 0 Å². The lowest BCUT2D eigenvalue weighted by molar-refractivity contribution is 0.383. The fraction of sp³-hybridized carbons (Fsp3) is 0.800. The Bertz CT molecular complexity index is 141. The van der Waals surface area contributed by atoms with Gasteiger partial charge in [0.25, 0.3) is 0 Å². The van der Waals surface area contributed by atoms with E-state index in [0.717, 1.165) is 0 Å². The molecule has 0 heterocycles. The summed E-state index contributed by atoms with van der Waals surface area (Å²) in [4.78, 5) is 2.45. The standard InChI is InChI=1S/C10H23NSi/c1-6-8-11(3)10-12(4,5)9-7-2/h7,9H,6,8,10H2,1-5H3. The molecule has 0 aromatic carbocycles. The molecule has 0 saturated heterocycles. The van der Waals surface area contributed by atoms with Crippen molar-refractivity contribution in [2.45, 2.75) is 33.4 Å². The summed E-state index contributed by atoms with van der Waals surface area (Å²) < 4.78 is 0. The average Bonchev–Trinajstić information content (AvgIpc) is 1.85. The molecule has 0 unspecified atom stereocenters. The Morgan fingerprint density at radius 1 is 1.33 bits per heavy atom. The van der Waals surface area contributed by atoms with Crippen molar-refractivity contribution in [1.29, 1.82) is 0 Å². The third-order valence-electron chi connectivity index (χ3n) is 1.90. The minimum Gasteiger partial charge on any atom is -0.309 e. The van der Waals surface area contributed by atoms with Gasteiger partial charge in [0.15, 0.2) is 0 Å². The molecule has 2 heteroatoms. The van der Waals surface area contributed by atoms with E-state index in [1.165, 1.54) is 19.1 Å². The van der Waals surface area contributed by atoms with Crippen LogP contribution in [-0.2, 0) is 0 Å². The maximum Gasteiger partial charge on any atom is 0.0857 e. The van der Waals surface area contributed by atoms with Gasteiger partial charge in [-0.05, 0) is 33.1 Å². The Morgan fingerprint density at radius 2 is 1.92 bits per heavy atom. The van der Waals surface area contributed by atoms with E-state index in [2.05, 4.69) is 50.7 Å². The quantitative estimate of drug-likeness (QED) is 0.595. The molecule has 1 nitrogen and oxygen atoms in total. The van der Waals surface area contributed by atoms with Crippen LogP contribution >= 0.6 is 0 Å². The normalized spacial score (nSPS) is 13.2. The molecule has 12 heavy (non-hydrogen) atoms. The lowest BCUT2D eigenvalue weighted by Gasteiger charge is -2.25. The highest BCUT2D eigenvalue weighted by atomic mass is 28.3. The summed E-state index contributed by atoms with van der Waals surface area (Å²) >= 11 is 0. The Morgan fingerprint density at radius 3 is 2.33 bits per heavy atom. The lowest BCUT2D eigenvalue weighted by Crippen LogP contribution is -2.39. The summed E-state index contributed by atoms with van der Waals surface area (Å²) in [5, 5.41) is 0. The molecule has 0 atom stereocenters. The van der Waals surface area contributed by atoms with E-state index in [-0.39, 0.29) is 0 Å². The van der Waals surface area contributed by atoms with Crippen LogP contribution < -0.4 is 0 Å². The molecule has 0 aliphatic heterocycles. The summed E-state index contributed by atoms with van der Waals surface area (Å²) in [6, 6.07) is 0. The SMILES string of the molecule is CC=C[Si](C)(C)CN(C)CCC. The summed E-state index contributed by atoms with van der Waals surface area (Å²) in [7, 11) is 1.17. The van der Waals surface area contributed by atoms with Crippen molar-refractivity contribution < 1.29 is 0 Å². The molecule has 0 bridgehead atoms. The fourth-order valence-electron chi connectivity index (χ4n) is 1.66. The van der Waals surface area contributed by atoms with Gasteiger partial charge in [0.2, 0.25) is 0 Å². The molecular weight excluding hydrogens is 162 g/mol. The van der Waals surface area contributed by atoms with Crippen LogP contribution in [0.2, 0.25) is 13.1 Å². The van der Waals surface area contributed by atoms with Gasteiger partial charge in [-0.25, -0.2) is 0 Å². The Balaban J connectivity index is 3.87. The highest BCUT2D eigenvalue weighted by Gasteiger charge is 2.17. The third-order valence-corrected chi connectivity index (χ3v) is 4.49. The monoisotopic (exact) mass is 185 g/mol. The summed E-state index contributed by atoms with van der Waals surface area (Å²) in [5.74, 6) is 0. The second-order valence-electron chi connectivity index (χ2n) is 4.23. The molecule has 0 aromatic rings. The summed E-state index contributed by atoms with van der Waals surface area (Å²) in [6.45, 7) is 10.4. The minimum atomic E-state index is -1.06. The van der Waals surface area contributed by atoms with E-state index in [9.17, 15) is 0 Å². The van der Waals surface area contributed by atoms with Crippen LogP contribution in [0.4, 0.5) is 0 Å². The smallest absolute Gasteiger partial charge is 0.0857 e. The van der Waals surface area contributed by atoms with Crippen LogP contribution in [0, 0.1) is 0 Å². The molecule has 72 valence electrons. The minimum absolute atomic E-state index is 1.06. The van der Waals surface area contributed by atoms with Crippen LogP contribution in [-0.4, -0.2) is 32.7 Å². The van der Waals surface area contributed by atoms with E-state index < -0.39 is 8.07 Å². The second kappa shape index (κ2) is 5.54. The van der Waals surface area contributed by atoms with Crippen LogP contribution in [0.1, 0.15) is 20.3 Å². The van der Waals surface area contributed by atoms with Gasteiger partial charge >= 0.3 is 0 Å². The number of nitrogens with zero attached hydrogens (tertiary/aromatic N) is 1. The van der Waals surface area contributed by atoms with E-state index >= 15 is 0 Å². The first-order valence-electron chi connectivity index (χ1n) is 4.84. The topological polar surface area (TPSA) is 3.24 Å². The maximum atomic E-state index is 2.45. The largest absolute Gasteiger partial charge is 0.309 e. The molecule has 0 fully saturated rings. The average molecular weight is 185 g/mol. The molecule has 0 aliphatic carbocycles. The molecule has 0 radical (unpaired) electrons. The van der Waals surface area contributed by atoms with Crippen molar-refractivity contribution >= 4 is 8.07 Å². The van der Waals surface area contributed by atoms with Gasteiger partial charge in [-0.15, -0.1) is 0 Å². The molecule has 0 aliphatic rings. The van der Waals surface area contributed by atoms with Gasteiger partial charge in [-0.3, -0.25) is 0 Å². The van der Waals surface area contributed by atoms with Gasteiger partial charge in [0, 0.05) is 0 Å². The molecule has 0 saturated carbocycles. The first-order valence-corrected chi connectivity index (χ1v) is 8.12. The Kier molecular flexibility index (Phi) is 5.50. The van der Waals surface area contributed by atoms with Crippen molar-refractivity contribution in [3.8, 4) is 0 Å². The van der Waals surface area contributed by atoms with Crippen molar-refractivity contribution in [1.82, 2.24) is 4.90 Å². The van der Waals surface area contributed by atoms with Gasteiger partial charge < -0.3 is 4.90 Å². The van der Waals surface area contributed by atoms with Gasteiger partial charge in [-0.1, -0.05) is 31.8 Å². The fourth-order valence-corrected chi connectivity index (χ4v) is 4.22. The number of hydrogen-bond acceptors (Lipinski definition) is 1. The summed E-state index contributed by atoms with van der Waals surface area (Å²) in [6.07, 6.45) is 4.74. The van der Waals surface area contributed by atoms with Gasteiger partial charge in [0.1, 0.15) is 0 Å². The molecule has 0 aromatic heterocycles. The van der Waals surface area contributed by atoms with Crippen LogP contribution in [0.15, 0.2) is 11.8 Å². The number of hydrogen-bond donors (Lipinski definition) is 0. The van der Waals surface area contributed by atoms with Crippen molar-refractivity contribution in [3.63, 3.8) is 0 Å². The van der Waals surface area contributed by atoms with Crippen molar-refractivity contribution in [2.24, 2.45) is 0 Å². The van der Waals surface area contributed by atoms with E-state index in [4.69, 9.17) is 0 Å². The molecule has 0 amide bonds. The maximum absolute atomic E-state index is 2.45. The Labute approximate surface area is 78.5 Å². The Hall–Kier alpha value is -0.0831. The number of rotatable bonds is 5. The van der Waals surface area contributed by atoms with Crippen molar-refractivity contribution in [2.75, 3.05) is 19.8 Å². The van der Waals surface area contributed by atoms with E-state index in [0.29, 0.717) is 0 Å². The molecular formula is C10H23NSi. The van der Waals surface area contributed by atoms with Gasteiger partial charge in [-0.2, -0.15) is 0 Å². The molecule has 0 N–H and O–H groups in total. The van der Waals surface area contributed by atoms with Crippen molar-refractivity contribution in [3.05, 3.63) is 11.8 Å².